The first-order valence-electron chi connectivity index (χ1n) is 5.72. The third kappa shape index (κ3) is 3.93. The summed E-state index contributed by atoms with van der Waals surface area (Å²) in [4.78, 5) is 14.9. The number of benzene rings is 1. The predicted octanol–water partition coefficient (Wildman–Crippen LogP) is 3.83. The highest BCUT2D eigenvalue weighted by Gasteiger charge is 1.98. The fourth-order valence-electron chi connectivity index (χ4n) is 1.50. The number of rotatable bonds is 3. The lowest BCUT2D eigenvalue weighted by molar-refractivity contribution is -0.131. The van der Waals surface area contributed by atoms with Crippen LogP contribution >= 0.6 is 11.6 Å². The summed E-state index contributed by atoms with van der Waals surface area (Å²) in [6.07, 6.45) is 5.24. The van der Waals surface area contributed by atoms with E-state index in [1.165, 1.54) is 13.1 Å². The standard InChI is InChI=1S/C15H12ClNO2/c1-11(18)19-14-9-8-13(17-10-14)7-6-12-4-2-3-5-15(12)16/h2-10H,1H3. The number of halogens is 1. The Morgan fingerprint density at radius 2 is 2.00 bits per heavy atom. The van der Waals surface area contributed by atoms with Crippen molar-refractivity contribution in [3.8, 4) is 5.75 Å². The molecule has 0 amide bonds. The van der Waals surface area contributed by atoms with Gasteiger partial charge < -0.3 is 4.74 Å². The average molecular weight is 274 g/mol. The van der Waals surface area contributed by atoms with Crippen LogP contribution in [0.4, 0.5) is 0 Å². The zero-order valence-corrected chi connectivity index (χ0v) is 11.1. The van der Waals surface area contributed by atoms with Crippen LogP contribution in [0.5, 0.6) is 5.75 Å². The third-order valence-electron chi connectivity index (χ3n) is 2.36. The smallest absolute Gasteiger partial charge is 0.308 e. The second-order valence-corrected chi connectivity index (χ2v) is 4.27. The second kappa shape index (κ2) is 6.16. The van der Waals surface area contributed by atoms with Crippen LogP contribution in [0.2, 0.25) is 5.02 Å². The number of nitrogens with zero attached hydrogens (tertiary/aromatic N) is 1. The van der Waals surface area contributed by atoms with E-state index in [2.05, 4.69) is 4.98 Å². The molecular weight excluding hydrogens is 262 g/mol. The van der Waals surface area contributed by atoms with Crippen molar-refractivity contribution in [1.29, 1.82) is 0 Å². The highest BCUT2D eigenvalue weighted by Crippen LogP contribution is 2.18. The minimum absolute atomic E-state index is 0.360. The molecule has 0 aliphatic rings. The van der Waals surface area contributed by atoms with Crippen molar-refractivity contribution in [2.45, 2.75) is 6.92 Å². The molecule has 0 bridgehead atoms. The van der Waals surface area contributed by atoms with Crippen molar-refractivity contribution in [3.63, 3.8) is 0 Å². The number of hydrogen-bond donors (Lipinski definition) is 0. The fraction of sp³-hybridized carbons (Fsp3) is 0.0667. The lowest BCUT2D eigenvalue weighted by Gasteiger charge is -2.00. The Bertz CT molecular complexity index is 606. The lowest BCUT2D eigenvalue weighted by Crippen LogP contribution is -2.01. The van der Waals surface area contributed by atoms with Gasteiger partial charge in [-0.05, 0) is 29.8 Å². The van der Waals surface area contributed by atoms with Crippen LogP contribution in [0, 0.1) is 0 Å². The van der Waals surface area contributed by atoms with E-state index < -0.39 is 0 Å². The van der Waals surface area contributed by atoms with Gasteiger partial charge in [0, 0.05) is 11.9 Å². The Hall–Kier alpha value is -2.13. The zero-order valence-electron chi connectivity index (χ0n) is 10.3. The Morgan fingerprint density at radius 3 is 2.63 bits per heavy atom. The van der Waals surface area contributed by atoms with Crippen LogP contribution in [-0.4, -0.2) is 11.0 Å². The van der Waals surface area contributed by atoms with E-state index in [4.69, 9.17) is 16.3 Å². The topological polar surface area (TPSA) is 39.2 Å². The highest BCUT2D eigenvalue weighted by atomic mass is 35.5. The molecule has 0 aliphatic heterocycles. The van der Waals surface area contributed by atoms with Crippen LogP contribution in [0.15, 0.2) is 42.6 Å². The van der Waals surface area contributed by atoms with Crippen LogP contribution in [0.3, 0.4) is 0 Å². The summed E-state index contributed by atoms with van der Waals surface area (Å²) in [6, 6.07) is 11.0. The van der Waals surface area contributed by atoms with Crippen molar-refractivity contribution >= 4 is 29.7 Å². The number of esters is 1. The number of carbonyl (C=O) groups is 1. The van der Waals surface area contributed by atoms with Crippen LogP contribution in [0.1, 0.15) is 18.2 Å². The molecule has 4 heteroatoms. The first-order valence-corrected chi connectivity index (χ1v) is 6.10. The maximum Gasteiger partial charge on any atom is 0.308 e. The predicted molar refractivity (Wildman–Crippen MR) is 75.9 cm³/mol. The molecule has 19 heavy (non-hydrogen) atoms. The van der Waals surface area contributed by atoms with Crippen molar-refractivity contribution < 1.29 is 9.53 Å². The van der Waals surface area contributed by atoms with Crippen molar-refractivity contribution in [1.82, 2.24) is 4.98 Å². The molecule has 0 aliphatic carbocycles. The molecule has 0 spiro atoms. The molecule has 2 rings (SSSR count). The summed E-state index contributed by atoms with van der Waals surface area (Å²) >= 11 is 6.04. The number of aromatic nitrogens is 1. The van der Waals surface area contributed by atoms with Gasteiger partial charge in [-0.3, -0.25) is 9.78 Å². The van der Waals surface area contributed by atoms with Crippen LogP contribution in [-0.2, 0) is 4.79 Å². The molecule has 1 aromatic heterocycles. The van der Waals surface area contributed by atoms with Gasteiger partial charge in [-0.1, -0.05) is 35.9 Å². The van der Waals surface area contributed by atoms with Gasteiger partial charge in [0.15, 0.2) is 0 Å². The van der Waals surface area contributed by atoms with Crippen molar-refractivity contribution in [2.75, 3.05) is 0 Å². The van der Waals surface area contributed by atoms with Gasteiger partial charge in [0.1, 0.15) is 5.75 Å². The maximum atomic E-state index is 10.8. The molecule has 1 aromatic carbocycles. The number of carbonyl (C=O) groups excluding carboxylic acids is 1. The van der Waals surface area contributed by atoms with Gasteiger partial charge in [-0.2, -0.15) is 0 Å². The molecular formula is C15H12ClNO2. The van der Waals surface area contributed by atoms with Gasteiger partial charge in [0.2, 0.25) is 0 Å². The molecule has 1 heterocycles. The molecule has 0 fully saturated rings. The van der Waals surface area contributed by atoms with E-state index in [1.54, 1.807) is 12.1 Å². The molecule has 0 saturated heterocycles. The van der Waals surface area contributed by atoms with E-state index in [0.29, 0.717) is 10.8 Å². The number of pyridine rings is 1. The zero-order chi connectivity index (χ0) is 13.7. The summed E-state index contributed by atoms with van der Waals surface area (Å²) in [5.41, 5.74) is 1.69. The molecule has 0 radical (unpaired) electrons. The molecule has 96 valence electrons. The van der Waals surface area contributed by atoms with E-state index >= 15 is 0 Å². The molecule has 3 nitrogen and oxygen atoms in total. The maximum absolute atomic E-state index is 10.8. The largest absolute Gasteiger partial charge is 0.425 e. The SMILES string of the molecule is CC(=O)Oc1ccc(C=Cc2ccccc2Cl)nc1. The average Bonchev–Trinajstić information content (AvgIpc) is 2.39. The van der Waals surface area contributed by atoms with E-state index in [1.807, 2.05) is 36.4 Å². The summed E-state index contributed by atoms with van der Waals surface area (Å²) in [5.74, 6) is 0.0727. The summed E-state index contributed by atoms with van der Waals surface area (Å²) in [5, 5.41) is 0.690. The second-order valence-electron chi connectivity index (χ2n) is 3.87. The summed E-state index contributed by atoms with van der Waals surface area (Å²) in [6.45, 7) is 1.35. The molecule has 0 unspecified atom stereocenters. The quantitative estimate of drug-likeness (QED) is 0.798. The normalized spacial score (nSPS) is 10.6. The summed E-state index contributed by atoms with van der Waals surface area (Å²) < 4.78 is 4.90. The fourth-order valence-corrected chi connectivity index (χ4v) is 1.70. The highest BCUT2D eigenvalue weighted by molar-refractivity contribution is 6.32. The molecule has 0 atom stereocenters. The summed E-state index contributed by atoms with van der Waals surface area (Å²) in [7, 11) is 0. The Labute approximate surface area is 116 Å². The first kappa shape index (κ1) is 13.3. The van der Waals surface area contributed by atoms with Gasteiger partial charge >= 0.3 is 5.97 Å². The molecule has 0 saturated carbocycles. The third-order valence-corrected chi connectivity index (χ3v) is 2.70. The van der Waals surface area contributed by atoms with Gasteiger partial charge in [-0.25, -0.2) is 0 Å². The lowest BCUT2D eigenvalue weighted by atomic mass is 10.2. The van der Waals surface area contributed by atoms with Crippen molar-refractivity contribution in [2.24, 2.45) is 0 Å². The van der Waals surface area contributed by atoms with Gasteiger partial charge in [0.05, 0.1) is 11.9 Å². The minimum atomic E-state index is -0.360. The van der Waals surface area contributed by atoms with Crippen LogP contribution < -0.4 is 4.74 Å². The minimum Gasteiger partial charge on any atom is -0.425 e. The Balaban J connectivity index is 2.11. The van der Waals surface area contributed by atoms with E-state index in [-0.39, 0.29) is 5.97 Å². The van der Waals surface area contributed by atoms with Gasteiger partial charge in [0.25, 0.3) is 0 Å². The van der Waals surface area contributed by atoms with E-state index in [0.717, 1.165) is 11.3 Å². The Kier molecular flexibility index (Phi) is 4.31. The van der Waals surface area contributed by atoms with Crippen molar-refractivity contribution in [3.05, 3.63) is 58.9 Å². The number of hydrogen-bond acceptors (Lipinski definition) is 3. The molecule has 0 N–H and O–H groups in total. The van der Waals surface area contributed by atoms with Crippen LogP contribution in [0.25, 0.3) is 12.2 Å². The van der Waals surface area contributed by atoms with Gasteiger partial charge in [-0.15, -0.1) is 0 Å². The monoisotopic (exact) mass is 273 g/mol. The number of ether oxygens (including phenoxy) is 1. The first-order chi connectivity index (χ1) is 9.15. The Morgan fingerprint density at radius 1 is 1.21 bits per heavy atom. The molecule has 2 aromatic rings. The van der Waals surface area contributed by atoms with E-state index in [9.17, 15) is 4.79 Å².